The Hall–Kier alpha value is -1.86. The van der Waals surface area contributed by atoms with Crippen LogP contribution in [0.5, 0.6) is 0 Å². The molecule has 3 rings (SSSR count). The third-order valence-corrected chi connectivity index (χ3v) is 3.71. The van der Waals surface area contributed by atoms with Crippen molar-refractivity contribution in [2.75, 3.05) is 0 Å². The molecular weight excluding hydrogens is 289 g/mol. The van der Waals surface area contributed by atoms with Gasteiger partial charge in [-0.25, -0.2) is 4.79 Å². The van der Waals surface area contributed by atoms with Crippen molar-refractivity contribution >= 4 is 11.5 Å². The number of rotatable bonds is 1. The summed E-state index contributed by atoms with van der Waals surface area (Å²) in [6, 6.07) is 4.36. The Morgan fingerprint density at radius 3 is 2.71 bits per heavy atom. The standard InChI is InChI=1S/C14H11F3O4/c15-14(16,17)8-3-1-2-7(4-8)9-5-13(20)6-10(11(9)18)21-12(13)19/h1-5,10-11,18,20H,6H2/t10-,11-,13+/m1/s1. The third kappa shape index (κ3) is 2.22. The predicted octanol–water partition coefficient (Wildman–Crippen LogP) is 1.51. The van der Waals surface area contributed by atoms with Gasteiger partial charge in [-0.05, 0) is 29.3 Å². The van der Waals surface area contributed by atoms with E-state index in [9.17, 15) is 28.2 Å². The number of esters is 1. The Labute approximate surface area is 117 Å². The first kappa shape index (κ1) is 14.1. The number of alkyl halides is 3. The van der Waals surface area contributed by atoms with Gasteiger partial charge in [0.05, 0.1) is 5.56 Å². The number of aliphatic hydroxyl groups excluding tert-OH is 1. The van der Waals surface area contributed by atoms with Gasteiger partial charge >= 0.3 is 12.1 Å². The molecule has 1 aromatic rings. The van der Waals surface area contributed by atoms with Crippen molar-refractivity contribution in [3.63, 3.8) is 0 Å². The van der Waals surface area contributed by atoms with Gasteiger partial charge in [-0.2, -0.15) is 13.2 Å². The van der Waals surface area contributed by atoms with E-state index in [0.29, 0.717) is 0 Å². The molecule has 21 heavy (non-hydrogen) atoms. The van der Waals surface area contributed by atoms with Crippen molar-refractivity contribution in [2.45, 2.75) is 30.4 Å². The van der Waals surface area contributed by atoms with Gasteiger partial charge in [0.25, 0.3) is 0 Å². The van der Waals surface area contributed by atoms with E-state index >= 15 is 0 Å². The number of halogens is 3. The van der Waals surface area contributed by atoms with Gasteiger partial charge in [-0.3, -0.25) is 0 Å². The maximum absolute atomic E-state index is 12.7. The molecule has 0 unspecified atom stereocenters. The molecule has 1 aliphatic heterocycles. The average molecular weight is 300 g/mol. The summed E-state index contributed by atoms with van der Waals surface area (Å²) in [5, 5.41) is 20.2. The van der Waals surface area contributed by atoms with Gasteiger partial charge in [0.1, 0.15) is 12.2 Å². The Bertz CT molecular complexity index is 637. The van der Waals surface area contributed by atoms with Crippen LogP contribution in [0.1, 0.15) is 17.5 Å². The molecule has 0 radical (unpaired) electrons. The molecule has 0 amide bonds. The Balaban J connectivity index is 2.07. The van der Waals surface area contributed by atoms with E-state index in [-0.39, 0.29) is 17.6 Å². The minimum absolute atomic E-state index is 0.0608. The highest BCUT2D eigenvalue weighted by atomic mass is 19.4. The summed E-state index contributed by atoms with van der Waals surface area (Å²) in [4.78, 5) is 11.5. The summed E-state index contributed by atoms with van der Waals surface area (Å²) in [6.45, 7) is 0. The Morgan fingerprint density at radius 1 is 1.33 bits per heavy atom. The van der Waals surface area contributed by atoms with Crippen molar-refractivity contribution in [3.05, 3.63) is 41.5 Å². The normalized spacial score (nSPS) is 31.9. The monoisotopic (exact) mass is 300 g/mol. The lowest BCUT2D eigenvalue weighted by molar-refractivity contribution is -0.152. The number of aliphatic hydroxyl groups is 2. The first-order valence-corrected chi connectivity index (χ1v) is 6.23. The molecule has 7 heteroatoms. The van der Waals surface area contributed by atoms with Crippen molar-refractivity contribution in [3.8, 4) is 0 Å². The van der Waals surface area contributed by atoms with Gasteiger partial charge in [0, 0.05) is 6.42 Å². The highest BCUT2D eigenvalue weighted by molar-refractivity contribution is 5.90. The lowest BCUT2D eigenvalue weighted by Crippen LogP contribution is -2.37. The van der Waals surface area contributed by atoms with Crippen LogP contribution in [0.15, 0.2) is 30.3 Å². The van der Waals surface area contributed by atoms with Crippen LogP contribution in [0.3, 0.4) is 0 Å². The van der Waals surface area contributed by atoms with E-state index in [4.69, 9.17) is 4.74 Å². The van der Waals surface area contributed by atoms with Gasteiger partial charge in [-0.1, -0.05) is 12.1 Å². The molecule has 1 saturated heterocycles. The van der Waals surface area contributed by atoms with E-state index in [1.54, 1.807) is 0 Å². The van der Waals surface area contributed by atoms with Gasteiger partial charge < -0.3 is 14.9 Å². The van der Waals surface area contributed by atoms with Crippen molar-refractivity contribution in [1.82, 2.24) is 0 Å². The average Bonchev–Trinajstić information content (AvgIpc) is 2.66. The molecule has 2 bridgehead atoms. The van der Waals surface area contributed by atoms with Gasteiger partial charge in [0.2, 0.25) is 0 Å². The molecule has 3 atom stereocenters. The summed E-state index contributed by atoms with van der Waals surface area (Å²) >= 11 is 0. The molecule has 0 aromatic heterocycles. The summed E-state index contributed by atoms with van der Waals surface area (Å²) in [5.41, 5.74) is -2.59. The Morgan fingerprint density at radius 2 is 2.05 bits per heavy atom. The second kappa shape index (κ2) is 4.32. The molecule has 2 N–H and O–H groups in total. The zero-order valence-corrected chi connectivity index (χ0v) is 10.6. The van der Waals surface area contributed by atoms with Crippen LogP contribution < -0.4 is 0 Å². The maximum Gasteiger partial charge on any atom is 0.416 e. The van der Waals surface area contributed by atoms with Crippen LogP contribution in [0.2, 0.25) is 0 Å². The summed E-state index contributed by atoms with van der Waals surface area (Å²) in [6.07, 6.45) is -5.75. The fraction of sp³-hybridized carbons (Fsp3) is 0.357. The first-order chi connectivity index (χ1) is 9.71. The molecule has 112 valence electrons. The highest BCUT2D eigenvalue weighted by Crippen LogP contribution is 2.41. The zero-order valence-electron chi connectivity index (χ0n) is 10.6. The second-order valence-corrected chi connectivity index (χ2v) is 5.20. The molecule has 0 spiro atoms. The molecule has 1 aromatic carbocycles. The van der Waals surface area contributed by atoms with E-state index in [1.807, 2.05) is 0 Å². The lowest BCUT2D eigenvalue weighted by Gasteiger charge is -2.26. The first-order valence-electron chi connectivity index (χ1n) is 6.23. The zero-order chi connectivity index (χ0) is 15.4. The van der Waals surface area contributed by atoms with Crippen molar-refractivity contribution in [1.29, 1.82) is 0 Å². The minimum atomic E-state index is -4.52. The maximum atomic E-state index is 12.7. The SMILES string of the molecule is O=C1O[C@@H]2C[C@@]1(O)C=C(c1cccc(C(F)(F)F)c1)[C@H]2O. The molecule has 4 nitrogen and oxygen atoms in total. The van der Waals surface area contributed by atoms with Crippen LogP contribution >= 0.6 is 0 Å². The summed E-state index contributed by atoms with van der Waals surface area (Å²) in [5.74, 6) is -0.895. The smallest absolute Gasteiger partial charge is 0.416 e. The quantitative estimate of drug-likeness (QED) is 0.772. The minimum Gasteiger partial charge on any atom is -0.457 e. The molecule has 1 heterocycles. The number of benzene rings is 1. The number of hydrogen-bond acceptors (Lipinski definition) is 4. The molecule has 1 fully saturated rings. The summed E-state index contributed by atoms with van der Waals surface area (Å²) < 4.78 is 43.0. The fourth-order valence-corrected chi connectivity index (χ4v) is 2.64. The van der Waals surface area contributed by atoms with Crippen molar-refractivity contribution < 1.29 is 32.9 Å². The highest BCUT2D eigenvalue weighted by Gasteiger charge is 2.53. The number of carbonyl (C=O) groups excluding carboxylic acids is 1. The van der Waals surface area contributed by atoms with Crippen molar-refractivity contribution in [2.24, 2.45) is 0 Å². The Kier molecular flexibility index (Phi) is 2.90. The molecule has 2 aliphatic rings. The van der Waals surface area contributed by atoms with Gasteiger partial charge in [0.15, 0.2) is 5.60 Å². The topological polar surface area (TPSA) is 66.8 Å². The number of carbonyl (C=O) groups is 1. The van der Waals surface area contributed by atoms with Crippen LogP contribution in [-0.2, 0) is 15.7 Å². The molecule has 1 aliphatic carbocycles. The number of hydrogen-bond donors (Lipinski definition) is 2. The van der Waals surface area contributed by atoms with Crippen LogP contribution in [-0.4, -0.2) is 34.0 Å². The number of fused-ring (bicyclic) bond motifs is 2. The van der Waals surface area contributed by atoms with Gasteiger partial charge in [-0.15, -0.1) is 0 Å². The summed E-state index contributed by atoms with van der Waals surface area (Å²) in [7, 11) is 0. The van der Waals surface area contributed by atoms with E-state index in [2.05, 4.69) is 0 Å². The van der Waals surface area contributed by atoms with Crippen LogP contribution in [0, 0.1) is 0 Å². The molecular formula is C14H11F3O4. The van der Waals surface area contributed by atoms with E-state index in [0.717, 1.165) is 18.2 Å². The van der Waals surface area contributed by atoms with E-state index < -0.39 is 35.5 Å². The van der Waals surface area contributed by atoms with Crippen LogP contribution in [0.4, 0.5) is 13.2 Å². The third-order valence-electron chi connectivity index (χ3n) is 3.71. The lowest BCUT2D eigenvalue weighted by atomic mass is 9.82. The second-order valence-electron chi connectivity index (χ2n) is 5.20. The fourth-order valence-electron chi connectivity index (χ4n) is 2.64. The van der Waals surface area contributed by atoms with E-state index in [1.165, 1.54) is 12.1 Å². The van der Waals surface area contributed by atoms with Crippen LogP contribution in [0.25, 0.3) is 5.57 Å². The predicted molar refractivity (Wildman–Crippen MR) is 64.9 cm³/mol. The number of ether oxygens (including phenoxy) is 1. The largest absolute Gasteiger partial charge is 0.457 e. The molecule has 0 saturated carbocycles.